The molecule has 0 amide bonds. The standard InChI is InChI=1S/C10H18N2O/c1-9-3-11-5-10(2,8(9)13)6-12(4-9)7-11/h8,13H,3-7H2,1-2H3. The summed E-state index contributed by atoms with van der Waals surface area (Å²) in [4.78, 5) is 4.97. The highest BCUT2D eigenvalue weighted by Crippen LogP contribution is 2.48. The molecule has 4 saturated heterocycles. The monoisotopic (exact) mass is 182 g/mol. The van der Waals surface area contributed by atoms with E-state index in [1.165, 1.54) is 0 Å². The minimum Gasteiger partial charge on any atom is -0.392 e. The summed E-state index contributed by atoms with van der Waals surface area (Å²) >= 11 is 0. The van der Waals surface area contributed by atoms with E-state index in [4.69, 9.17) is 0 Å². The molecule has 4 bridgehead atoms. The van der Waals surface area contributed by atoms with Crippen LogP contribution in [-0.4, -0.2) is 53.9 Å². The van der Waals surface area contributed by atoms with Crippen molar-refractivity contribution in [3.63, 3.8) is 0 Å². The van der Waals surface area contributed by atoms with Crippen LogP contribution in [0.5, 0.6) is 0 Å². The quantitative estimate of drug-likeness (QED) is 0.569. The van der Waals surface area contributed by atoms with Gasteiger partial charge in [0.05, 0.1) is 12.8 Å². The molecular weight excluding hydrogens is 164 g/mol. The van der Waals surface area contributed by atoms with Crippen molar-refractivity contribution in [2.75, 3.05) is 32.8 Å². The Morgan fingerprint density at radius 1 is 1.00 bits per heavy atom. The lowest BCUT2D eigenvalue weighted by molar-refractivity contribution is -0.225. The molecule has 4 heterocycles. The Morgan fingerprint density at radius 2 is 1.38 bits per heavy atom. The van der Waals surface area contributed by atoms with Gasteiger partial charge >= 0.3 is 0 Å². The van der Waals surface area contributed by atoms with Gasteiger partial charge in [-0.2, -0.15) is 0 Å². The van der Waals surface area contributed by atoms with E-state index >= 15 is 0 Å². The van der Waals surface area contributed by atoms with Crippen LogP contribution in [0.3, 0.4) is 0 Å². The molecule has 0 unspecified atom stereocenters. The fourth-order valence-corrected chi connectivity index (χ4v) is 3.93. The van der Waals surface area contributed by atoms with Crippen LogP contribution in [0.1, 0.15) is 13.8 Å². The fraction of sp³-hybridized carbons (Fsp3) is 1.00. The molecule has 74 valence electrons. The Bertz CT molecular complexity index is 217. The molecule has 3 heteroatoms. The molecule has 0 radical (unpaired) electrons. The number of hydrogen-bond acceptors (Lipinski definition) is 3. The maximum absolute atomic E-state index is 10.3. The minimum atomic E-state index is -0.104. The first kappa shape index (κ1) is 8.21. The van der Waals surface area contributed by atoms with Crippen LogP contribution >= 0.6 is 0 Å². The number of hydrogen-bond donors (Lipinski definition) is 1. The lowest BCUT2D eigenvalue weighted by atomic mass is 9.61. The second kappa shape index (κ2) is 2.10. The van der Waals surface area contributed by atoms with Crippen molar-refractivity contribution in [1.29, 1.82) is 0 Å². The van der Waals surface area contributed by atoms with Crippen molar-refractivity contribution >= 4 is 0 Å². The third-order valence-corrected chi connectivity index (χ3v) is 4.06. The zero-order chi connectivity index (χ0) is 9.27. The maximum Gasteiger partial charge on any atom is 0.0696 e. The van der Waals surface area contributed by atoms with E-state index in [9.17, 15) is 5.11 Å². The molecule has 4 aliphatic rings. The average molecular weight is 182 g/mol. The Balaban J connectivity index is 2.03. The van der Waals surface area contributed by atoms with Crippen molar-refractivity contribution in [1.82, 2.24) is 9.80 Å². The van der Waals surface area contributed by atoms with Crippen LogP contribution in [-0.2, 0) is 0 Å². The van der Waals surface area contributed by atoms with Gasteiger partial charge in [-0.3, -0.25) is 9.80 Å². The van der Waals surface area contributed by atoms with Crippen LogP contribution in [0.2, 0.25) is 0 Å². The predicted octanol–water partition coefficient (Wildman–Crippen LogP) is -0.0378. The van der Waals surface area contributed by atoms with Crippen molar-refractivity contribution in [3.8, 4) is 0 Å². The zero-order valence-corrected chi connectivity index (χ0v) is 8.45. The first-order valence-electron chi connectivity index (χ1n) is 5.15. The normalized spacial score (nSPS) is 64.4. The van der Waals surface area contributed by atoms with E-state index < -0.39 is 0 Å². The minimum absolute atomic E-state index is 0.104. The van der Waals surface area contributed by atoms with Gasteiger partial charge < -0.3 is 5.11 Å². The summed E-state index contributed by atoms with van der Waals surface area (Å²) in [6, 6.07) is 0. The van der Waals surface area contributed by atoms with Crippen molar-refractivity contribution in [2.45, 2.75) is 20.0 Å². The van der Waals surface area contributed by atoms with Gasteiger partial charge in [0.2, 0.25) is 0 Å². The van der Waals surface area contributed by atoms with Crippen LogP contribution < -0.4 is 0 Å². The smallest absolute Gasteiger partial charge is 0.0696 e. The molecule has 0 aromatic carbocycles. The summed E-state index contributed by atoms with van der Waals surface area (Å²) in [5.41, 5.74) is 0.257. The number of nitrogens with zero attached hydrogens (tertiary/aromatic N) is 2. The van der Waals surface area contributed by atoms with E-state index in [0.29, 0.717) is 0 Å². The molecule has 0 atom stereocenters. The molecule has 0 spiro atoms. The highest BCUT2D eigenvalue weighted by atomic mass is 16.3. The highest BCUT2D eigenvalue weighted by Gasteiger charge is 2.58. The largest absolute Gasteiger partial charge is 0.392 e. The van der Waals surface area contributed by atoms with Crippen LogP contribution in [0, 0.1) is 10.8 Å². The molecule has 4 fully saturated rings. The number of rotatable bonds is 0. The van der Waals surface area contributed by atoms with E-state index in [-0.39, 0.29) is 16.9 Å². The van der Waals surface area contributed by atoms with Crippen molar-refractivity contribution < 1.29 is 5.11 Å². The summed E-state index contributed by atoms with van der Waals surface area (Å²) in [6.07, 6.45) is -0.104. The van der Waals surface area contributed by atoms with Gasteiger partial charge in [0.25, 0.3) is 0 Å². The predicted molar refractivity (Wildman–Crippen MR) is 50.2 cm³/mol. The average Bonchev–Trinajstić information content (AvgIpc) is 1.97. The number of aliphatic hydroxyl groups is 1. The Morgan fingerprint density at radius 3 is 1.77 bits per heavy atom. The van der Waals surface area contributed by atoms with Crippen LogP contribution in [0.15, 0.2) is 0 Å². The van der Waals surface area contributed by atoms with Crippen LogP contribution in [0.25, 0.3) is 0 Å². The van der Waals surface area contributed by atoms with Crippen molar-refractivity contribution in [3.05, 3.63) is 0 Å². The molecule has 4 rings (SSSR count). The number of piperidine rings is 2. The lowest BCUT2D eigenvalue weighted by Gasteiger charge is -2.65. The molecule has 0 aromatic heterocycles. The second-order valence-corrected chi connectivity index (χ2v) is 5.83. The van der Waals surface area contributed by atoms with E-state index in [0.717, 1.165) is 32.8 Å². The molecule has 0 aromatic rings. The molecule has 0 saturated carbocycles. The van der Waals surface area contributed by atoms with Gasteiger partial charge in [-0.15, -0.1) is 0 Å². The molecule has 4 aliphatic heterocycles. The van der Waals surface area contributed by atoms with E-state index in [2.05, 4.69) is 23.6 Å². The highest BCUT2D eigenvalue weighted by molar-refractivity contribution is 5.10. The molecule has 13 heavy (non-hydrogen) atoms. The molecule has 3 nitrogen and oxygen atoms in total. The molecule has 1 N–H and O–H groups in total. The SMILES string of the molecule is CC12CN3CN(C1)CC(C)(C3)C2O. The summed E-state index contributed by atoms with van der Waals surface area (Å²) in [7, 11) is 0. The third kappa shape index (κ3) is 0.901. The zero-order valence-electron chi connectivity index (χ0n) is 8.45. The lowest BCUT2D eigenvalue weighted by Crippen LogP contribution is -2.76. The van der Waals surface area contributed by atoms with Gasteiger partial charge in [-0.05, 0) is 0 Å². The molecule has 0 aliphatic carbocycles. The second-order valence-electron chi connectivity index (χ2n) is 5.83. The van der Waals surface area contributed by atoms with Gasteiger partial charge in [-0.25, -0.2) is 0 Å². The maximum atomic E-state index is 10.3. The number of aliphatic hydroxyl groups excluding tert-OH is 1. The topological polar surface area (TPSA) is 26.7 Å². The van der Waals surface area contributed by atoms with Gasteiger partial charge in [0.1, 0.15) is 0 Å². The fourth-order valence-electron chi connectivity index (χ4n) is 3.93. The van der Waals surface area contributed by atoms with Gasteiger partial charge in [0, 0.05) is 37.0 Å². The summed E-state index contributed by atoms with van der Waals surface area (Å²) < 4.78 is 0. The third-order valence-electron chi connectivity index (χ3n) is 4.06. The van der Waals surface area contributed by atoms with Gasteiger partial charge in [-0.1, -0.05) is 13.8 Å². The Kier molecular flexibility index (Phi) is 1.33. The van der Waals surface area contributed by atoms with Gasteiger partial charge in [0.15, 0.2) is 0 Å². The van der Waals surface area contributed by atoms with Crippen LogP contribution in [0.4, 0.5) is 0 Å². The Hall–Kier alpha value is -0.120. The van der Waals surface area contributed by atoms with Crippen molar-refractivity contribution in [2.24, 2.45) is 10.8 Å². The summed E-state index contributed by atoms with van der Waals surface area (Å²) in [5, 5.41) is 10.3. The van der Waals surface area contributed by atoms with E-state index in [1.807, 2.05) is 0 Å². The first-order valence-corrected chi connectivity index (χ1v) is 5.15. The summed E-state index contributed by atoms with van der Waals surface area (Å²) in [5.74, 6) is 0. The molecular formula is C10H18N2O. The Labute approximate surface area is 79.3 Å². The first-order chi connectivity index (χ1) is 6.02. The summed E-state index contributed by atoms with van der Waals surface area (Å²) in [6.45, 7) is 9.92. The van der Waals surface area contributed by atoms with E-state index in [1.54, 1.807) is 0 Å².